The van der Waals surface area contributed by atoms with Crippen LogP contribution in [0.25, 0.3) is 0 Å². The van der Waals surface area contributed by atoms with Gasteiger partial charge in [-0.15, -0.1) is 11.3 Å². The molecule has 1 nitrogen and oxygen atoms in total. The summed E-state index contributed by atoms with van der Waals surface area (Å²) in [6.07, 6.45) is 3.61. The van der Waals surface area contributed by atoms with Crippen LogP contribution >= 0.6 is 11.3 Å². The zero-order valence-electron chi connectivity index (χ0n) is 13.4. The Morgan fingerprint density at radius 1 is 1.05 bits per heavy atom. The van der Waals surface area contributed by atoms with E-state index in [0.29, 0.717) is 5.92 Å². The Hall–Kier alpha value is -1.12. The average Bonchev–Trinajstić information content (AvgIpc) is 2.95. The number of rotatable bonds is 7. The summed E-state index contributed by atoms with van der Waals surface area (Å²) in [5.74, 6) is 0.689. The molecule has 1 heterocycles. The van der Waals surface area contributed by atoms with E-state index in [4.69, 9.17) is 0 Å². The van der Waals surface area contributed by atoms with Crippen molar-refractivity contribution in [1.29, 1.82) is 0 Å². The zero-order chi connectivity index (χ0) is 15.1. The molecule has 0 saturated carbocycles. The predicted octanol–water partition coefficient (Wildman–Crippen LogP) is 4.93. The predicted molar refractivity (Wildman–Crippen MR) is 94.0 cm³/mol. The Labute approximate surface area is 133 Å². The van der Waals surface area contributed by atoms with E-state index in [-0.39, 0.29) is 5.54 Å². The van der Waals surface area contributed by atoms with Crippen molar-refractivity contribution in [3.05, 3.63) is 58.3 Å². The van der Waals surface area contributed by atoms with E-state index in [1.165, 1.54) is 23.3 Å². The van der Waals surface area contributed by atoms with E-state index >= 15 is 0 Å². The summed E-state index contributed by atoms with van der Waals surface area (Å²) in [5.41, 5.74) is 1.64. The van der Waals surface area contributed by atoms with Crippen LogP contribution < -0.4 is 5.32 Å². The summed E-state index contributed by atoms with van der Waals surface area (Å²) in [6.45, 7) is 7.81. The molecule has 0 radical (unpaired) electrons. The quantitative estimate of drug-likeness (QED) is 0.765. The molecule has 1 aromatic heterocycles. The third-order valence-electron chi connectivity index (χ3n) is 3.67. The number of benzene rings is 1. The largest absolute Gasteiger partial charge is 0.312 e. The van der Waals surface area contributed by atoms with Crippen LogP contribution in [0.3, 0.4) is 0 Å². The van der Waals surface area contributed by atoms with E-state index < -0.39 is 0 Å². The third-order valence-corrected chi connectivity index (χ3v) is 4.60. The van der Waals surface area contributed by atoms with Crippen LogP contribution in [0, 0.1) is 5.92 Å². The molecule has 2 heteroatoms. The lowest BCUT2D eigenvalue weighted by molar-refractivity contribution is 0.357. The number of thiophene rings is 1. The van der Waals surface area contributed by atoms with Gasteiger partial charge in [-0.1, -0.05) is 36.4 Å². The van der Waals surface area contributed by atoms with Crippen molar-refractivity contribution in [1.82, 2.24) is 5.32 Å². The minimum absolute atomic E-state index is 0.192. The molecule has 1 atom stereocenters. The van der Waals surface area contributed by atoms with E-state index in [2.05, 4.69) is 73.9 Å². The molecule has 2 aromatic rings. The van der Waals surface area contributed by atoms with Crippen molar-refractivity contribution in [2.75, 3.05) is 6.54 Å². The Morgan fingerprint density at radius 3 is 2.43 bits per heavy atom. The highest BCUT2D eigenvalue weighted by Gasteiger charge is 2.15. The molecule has 0 aliphatic rings. The summed E-state index contributed by atoms with van der Waals surface area (Å²) in [4.78, 5) is 1.50. The smallest absolute Gasteiger partial charge is 0.00966 e. The van der Waals surface area contributed by atoms with Gasteiger partial charge in [0, 0.05) is 10.4 Å². The van der Waals surface area contributed by atoms with Gasteiger partial charge in [0.1, 0.15) is 0 Å². The van der Waals surface area contributed by atoms with Crippen molar-refractivity contribution in [2.24, 2.45) is 5.92 Å². The van der Waals surface area contributed by atoms with Gasteiger partial charge in [0.05, 0.1) is 0 Å². The second-order valence-corrected chi connectivity index (χ2v) is 7.84. The van der Waals surface area contributed by atoms with E-state index in [0.717, 1.165) is 13.0 Å². The lowest BCUT2D eigenvalue weighted by Crippen LogP contribution is -2.39. The third kappa shape index (κ3) is 6.45. The van der Waals surface area contributed by atoms with Gasteiger partial charge in [-0.3, -0.25) is 0 Å². The molecule has 0 amide bonds. The summed E-state index contributed by atoms with van der Waals surface area (Å²) in [6, 6.07) is 15.3. The van der Waals surface area contributed by atoms with Gasteiger partial charge in [0.2, 0.25) is 0 Å². The maximum atomic E-state index is 3.68. The fraction of sp³-hybridized carbons (Fsp3) is 0.474. The van der Waals surface area contributed by atoms with Crippen LogP contribution in [0.2, 0.25) is 0 Å². The Kier molecular flexibility index (Phi) is 6.01. The lowest BCUT2D eigenvalue weighted by Gasteiger charge is -2.25. The second-order valence-electron chi connectivity index (χ2n) is 6.80. The second kappa shape index (κ2) is 7.77. The molecule has 0 aliphatic heterocycles. The molecule has 0 spiro atoms. The number of hydrogen-bond donors (Lipinski definition) is 1. The first-order chi connectivity index (χ1) is 10.0. The first-order valence-electron chi connectivity index (χ1n) is 7.84. The number of aryl methyl sites for hydroxylation is 1. The van der Waals surface area contributed by atoms with E-state index in [1.54, 1.807) is 0 Å². The standard InChI is InChI=1S/C19H27NS/c1-19(2,3)20-15-17(11-12-18-10-7-13-21-18)14-16-8-5-4-6-9-16/h4-10,13,17,20H,11-12,14-15H2,1-3H3. The van der Waals surface area contributed by atoms with Crippen molar-refractivity contribution in [2.45, 2.75) is 45.6 Å². The minimum atomic E-state index is 0.192. The summed E-state index contributed by atoms with van der Waals surface area (Å²) < 4.78 is 0. The first kappa shape index (κ1) is 16.3. The molecule has 0 fully saturated rings. The SMILES string of the molecule is CC(C)(C)NCC(CCc1cccs1)Cc1ccccc1. The van der Waals surface area contributed by atoms with Crippen molar-refractivity contribution < 1.29 is 0 Å². The molecular weight excluding hydrogens is 274 g/mol. The highest BCUT2D eigenvalue weighted by Crippen LogP contribution is 2.18. The molecule has 114 valence electrons. The summed E-state index contributed by atoms with van der Waals surface area (Å²) in [5, 5.41) is 5.85. The van der Waals surface area contributed by atoms with Gasteiger partial charge < -0.3 is 5.32 Å². The van der Waals surface area contributed by atoms with Gasteiger partial charge in [-0.25, -0.2) is 0 Å². The Bertz CT molecular complexity index is 496. The molecule has 0 bridgehead atoms. The highest BCUT2D eigenvalue weighted by atomic mass is 32.1. The molecular formula is C19H27NS. The maximum Gasteiger partial charge on any atom is 0.00966 e. The van der Waals surface area contributed by atoms with Crippen molar-refractivity contribution in [3.63, 3.8) is 0 Å². The molecule has 21 heavy (non-hydrogen) atoms. The fourth-order valence-corrected chi connectivity index (χ4v) is 3.20. The molecule has 0 saturated heterocycles. The lowest BCUT2D eigenvalue weighted by atomic mass is 9.93. The van der Waals surface area contributed by atoms with Gasteiger partial charge in [0.15, 0.2) is 0 Å². The maximum absolute atomic E-state index is 3.68. The number of hydrogen-bond acceptors (Lipinski definition) is 2. The van der Waals surface area contributed by atoms with Crippen LogP contribution in [-0.4, -0.2) is 12.1 Å². The van der Waals surface area contributed by atoms with Gasteiger partial charge in [-0.05, 0) is 69.5 Å². The van der Waals surface area contributed by atoms with E-state index in [9.17, 15) is 0 Å². The minimum Gasteiger partial charge on any atom is -0.312 e. The zero-order valence-corrected chi connectivity index (χ0v) is 14.2. The highest BCUT2D eigenvalue weighted by molar-refractivity contribution is 7.09. The van der Waals surface area contributed by atoms with Crippen LogP contribution in [0.15, 0.2) is 47.8 Å². The van der Waals surface area contributed by atoms with Gasteiger partial charge in [-0.2, -0.15) is 0 Å². The Morgan fingerprint density at radius 2 is 1.81 bits per heavy atom. The van der Waals surface area contributed by atoms with Crippen LogP contribution in [0.5, 0.6) is 0 Å². The molecule has 1 aromatic carbocycles. The fourth-order valence-electron chi connectivity index (χ4n) is 2.48. The monoisotopic (exact) mass is 301 g/mol. The van der Waals surface area contributed by atoms with Crippen LogP contribution in [0.1, 0.15) is 37.6 Å². The van der Waals surface area contributed by atoms with Crippen molar-refractivity contribution >= 4 is 11.3 Å². The normalized spacial score (nSPS) is 13.3. The molecule has 0 aliphatic carbocycles. The number of nitrogens with one attached hydrogen (secondary N) is 1. The van der Waals surface area contributed by atoms with Crippen molar-refractivity contribution in [3.8, 4) is 0 Å². The van der Waals surface area contributed by atoms with E-state index in [1.807, 2.05) is 11.3 Å². The summed E-state index contributed by atoms with van der Waals surface area (Å²) in [7, 11) is 0. The Balaban J connectivity index is 1.92. The molecule has 1 N–H and O–H groups in total. The molecule has 2 rings (SSSR count). The topological polar surface area (TPSA) is 12.0 Å². The molecule has 1 unspecified atom stereocenters. The first-order valence-corrected chi connectivity index (χ1v) is 8.72. The van der Waals surface area contributed by atoms with Crippen LogP contribution in [0.4, 0.5) is 0 Å². The van der Waals surface area contributed by atoms with Crippen LogP contribution in [-0.2, 0) is 12.8 Å². The average molecular weight is 301 g/mol. The van der Waals surface area contributed by atoms with Gasteiger partial charge >= 0.3 is 0 Å². The van der Waals surface area contributed by atoms with Gasteiger partial charge in [0.25, 0.3) is 0 Å². The summed E-state index contributed by atoms with van der Waals surface area (Å²) >= 11 is 1.87.